The number of hydrogen-bond acceptors (Lipinski definition) is 2. The summed E-state index contributed by atoms with van der Waals surface area (Å²) in [5, 5.41) is 3.62. The van der Waals surface area contributed by atoms with Gasteiger partial charge < -0.3 is 5.32 Å². The van der Waals surface area contributed by atoms with Crippen molar-refractivity contribution in [2.75, 3.05) is 26.2 Å². The van der Waals surface area contributed by atoms with E-state index in [1.54, 1.807) is 0 Å². The molecule has 0 bridgehead atoms. The smallest absolute Gasteiger partial charge is 0.0221 e. The molecule has 1 aliphatic heterocycles. The van der Waals surface area contributed by atoms with Crippen molar-refractivity contribution in [3.8, 4) is 0 Å². The third-order valence-electron chi connectivity index (χ3n) is 3.80. The Labute approximate surface area is 115 Å². The molecule has 0 aromatic heterocycles. The van der Waals surface area contributed by atoms with Gasteiger partial charge in [-0.25, -0.2) is 0 Å². The van der Waals surface area contributed by atoms with Crippen LogP contribution in [0.25, 0.3) is 0 Å². The molecule has 2 nitrogen and oxygen atoms in total. The average molecular weight is 254 g/mol. The molecule has 108 valence electrons. The van der Waals surface area contributed by atoms with Crippen molar-refractivity contribution < 1.29 is 0 Å². The van der Waals surface area contributed by atoms with Gasteiger partial charge in [-0.3, -0.25) is 4.90 Å². The van der Waals surface area contributed by atoms with Gasteiger partial charge in [-0.15, -0.1) is 0 Å². The molecule has 0 aliphatic carbocycles. The number of rotatable bonds is 7. The van der Waals surface area contributed by atoms with Gasteiger partial charge in [0.1, 0.15) is 0 Å². The molecule has 1 heterocycles. The average Bonchev–Trinajstić information content (AvgIpc) is 2.63. The van der Waals surface area contributed by atoms with E-state index in [9.17, 15) is 0 Å². The lowest BCUT2D eigenvalue weighted by molar-refractivity contribution is 0.226. The first kappa shape index (κ1) is 16.0. The third-order valence-corrected chi connectivity index (χ3v) is 3.80. The van der Waals surface area contributed by atoms with Crippen LogP contribution < -0.4 is 5.32 Å². The molecule has 0 saturated carbocycles. The first-order valence-electron chi connectivity index (χ1n) is 7.83. The second kappa shape index (κ2) is 7.49. The summed E-state index contributed by atoms with van der Waals surface area (Å²) in [4.78, 5) is 2.71. The highest BCUT2D eigenvalue weighted by Gasteiger charge is 2.24. The Morgan fingerprint density at radius 3 is 2.61 bits per heavy atom. The van der Waals surface area contributed by atoms with E-state index in [2.05, 4.69) is 44.8 Å². The monoisotopic (exact) mass is 254 g/mol. The summed E-state index contributed by atoms with van der Waals surface area (Å²) in [6.07, 6.45) is 5.48. The van der Waals surface area contributed by atoms with Crippen molar-refractivity contribution in [2.45, 2.75) is 66.3 Å². The molecule has 0 spiro atoms. The summed E-state index contributed by atoms with van der Waals surface area (Å²) < 4.78 is 0. The van der Waals surface area contributed by atoms with Gasteiger partial charge in [0.05, 0.1) is 0 Å². The fourth-order valence-electron chi connectivity index (χ4n) is 2.77. The van der Waals surface area contributed by atoms with Gasteiger partial charge in [-0.1, -0.05) is 34.6 Å². The van der Waals surface area contributed by atoms with E-state index in [-0.39, 0.29) is 0 Å². The fraction of sp³-hybridized carbons (Fsp3) is 1.00. The first-order chi connectivity index (χ1) is 8.38. The van der Waals surface area contributed by atoms with Gasteiger partial charge in [0.2, 0.25) is 0 Å². The Kier molecular flexibility index (Phi) is 6.65. The highest BCUT2D eigenvalue weighted by atomic mass is 15.2. The molecular formula is C16H34N2. The molecule has 2 heteroatoms. The van der Waals surface area contributed by atoms with Gasteiger partial charge in [-0.2, -0.15) is 0 Å². The van der Waals surface area contributed by atoms with Crippen LogP contribution in [0, 0.1) is 11.3 Å². The number of nitrogens with one attached hydrogen (secondary N) is 1. The van der Waals surface area contributed by atoms with Crippen LogP contribution in [0.5, 0.6) is 0 Å². The normalized spacial score (nSPS) is 22.0. The van der Waals surface area contributed by atoms with Gasteiger partial charge in [0, 0.05) is 12.6 Å². The second-order valence-corrected chi connectivity index (χ2v) is 7.55. The van der Waals surface area contributed by atoms with Crippen molar-refractivity contribution in [3.05, 3.63) is 0 Å². The standard InChI is InChI=1S/C16H34N2/c1-14(2)12-17-13-15-8-6-10-18(15)11-7-9-16(3,4)5/h14-15,17H,6-13H2,1-5H3. The largest absolute Gasteiger partial charge is 0.315 e. The predicted molar refractivity (Wildman–Crippen MR) is 81.0 cm³/mol. The van der Waals surface area contributed by atoms with E-state index in [4.69, 9.17) is 0 Å². The zero-order chi connectivity index (χ0) is 13.6. The molecule has 0 aromatic carbocycles. The van der Waals surface area contributed by atoms with E-state index in [0.29, 0.717) is 5.41 Å². The summed E-state index contributed by atoms with van der Waals surface area (Å²) in [5.41, 5.74) is 0.491. The quantitative estimate of drug-likeness (QED) is 0.748. The van der Waals surface area contributed by atoms with E-state index in [1.165, 1.54) is 45.3 Å². The van der Waals surface area contributed by atoms with E-state index in [1.807, 2.05) is 0 Å². The minimum Gasteiger partial charge on any atom is -0.315 e. The summed E-state index contributed by atoms with van der Waals surface area (Å²) in [6.45, 7) is 16.6. The lowest BCUT2D eigenvalue weighted by Crippen LogP contribution is -2.39. The van der Waals surface area contributed by atoms with Crippen molar-refractivity contribution in [2.24, 2.45) is 11.3 Å². The third kappa shape index (κ3) is 6.75. The van der Waals surface area contributed by atoms with Gasteiger partial charge in [0.25, 0.3) is 0 Å². The molecule has 1 aliphatic rings. The summed E-state index contributed by atoms with van der Waals surface area (Å²) in [6, 6.07) is 0.795. The zero-order valence-corrected chi connectivity index (χ0v) is 13.3. The Bertz CT molecular complexity index is 218. The van der Waals surface area contributed by atoms with Crippen LogP contribution in [0.15, 0.2) is 0 Å². The molecule has 0 aromatic rings. The summed E-state index contributed by atoms with van der Waals surface area (Å²) >= 11 is 0. The van der Waals surface area contributed by atoms with Crippen molar-refractivity contribution >= 4 is 0 Å². The maximum absolute atomic E-state index is 3.62. The maximum Gasteiger partial charge on any atom is 0.0221 e. The molecular weight excluding hydrogens is 220 g/mol. The Morgan fingerprint density at radius 2 is 2.00 bits per heavy atom. The van der Waals surface area contributed by atoms with Crippen LogP contribution in [0.3, 0.4) is 0 Å². The minimum absolute atomic E-state index is 0.491. The molecule has 1 atom stereocenters. The first-order valence-corrected chi connectivity index (χ1v) is 7.83. The van der Waals surface area contributed by atoms with Crippen molar-refractivity contribution in [1.82, 2.24) is 10.2 Å². The topological polar surface area (TPSA) is 15.3 Å². The van der Waals surface area contributed by atoms with E-state index in [0.717, 1.165) is 18.5 Å². The van der Waals surface area contributed by atoms with Crippen LogP contribution in [-0.4, -0.2) is 37.1 Å². The molecule has 0 amide bonds. The zero-order valence-electron chi connectivity index (χ0n) is 13.3. The Morgan fingerprint density at radius 1 is 1.28 bits per heavy atom. The second-order valence-electron chi connectivity index (χ2n) is 7.55. The van der Waals surface area contributed by atoms with Gasteiger partial charge in [0.15, 0.2) is 0 Å². The van der Waals surface area contributed by atoms with Crippen LogP contribution >= 0.6 is 0 Å². The number of hydrogen-bond donors (Lipinski definition) is 1. The minimum atomic E-state index is 0.491. The highest BCUT2D eigenvalue weighted by Crippen LogP contribution is 2.23. The lowest BCUT2D eigenvalue weighted by Gasteiger charge is -2.27. The van der Waals surface area contributed by atoms with Crippen LogP contribution in [0.4, 0.5) is 0 Å². The highest BCUT2D eigenvalue weighted by molar-refractivity contribution is 4.81. The molecule has 1 fully saturated rings. The van der Waals surface area contributed by atoms with Gasteiger partial charge >= 0.3 is 0 Å². The van der Waals surface area contributed by atoms with Crippen molar-refractivity contribution in [3.63, 3.8) is 0 Å². The van der Waals surface area contributed by atoms with E-state index < -0.39 is 0 Å². The number of nitrogens with zero attached hydrogens (tertiary/aromatic N) is 1. The van der Waals surface area contributed by atoms with Crippen LogP contribution in [0.2, 0.25) is 0 Å². The molecule has 1 saturated heterocycles. The maximum atomic E-state index is 3.62. The van der Waals surface area contributed by atoms with E-state index >= 15 is 0 Å². The fourth-order valence-corrected chi connectivity index (χ4v) is 2.77. The predicted octanol–water partition coefficient (Wildman–Crippen LogP) is 3.52. The molecule has 18 heavy (non-hydrogen) atoms. The van der Waals surface area contributed by atoms with Crippen molar-refractivity contribution in [1.29, 1.82) is 0 Å². The SMILES string of the molecule is CC(C)CNCC1CCCN1CCCC(C)(C)C. The van der Waals surface area contributed by atoms with Gasteiger partial charge in [-0.05, 0) is 56.7 Å². The number of likely N-dealkylation sites (tertiary alicyclic amines) is 1. The Balaban J connectivity index is 2.19. The summed E-state index contributed by atoms with van der Waals surface area (Å²) in [7, 11) is 0. The molecule has 1 unspecified atom stereocenters. The molecule has 1 rings (SSSR count). The summed E-state index contributed by atoms with van der Waals surface area (Å²) in [5.74, 6) is 0.765. The lowest BCUT2D eigenvalue weighted by atomic mass is 9.90. The Hall–Kier alpha value is -0.0800. The molecule has 1 N–H and O–H groups in total. The molecule has 0 radical (unpaired) electrons. The van der Waals surface area contributed by atoms with Crippen LogP contribution in [-0.2, 0) is 0 Å². The van der Waals surface area contributed by atoms with Crippen LogP contribution in [0.1, 0.15) is 60.3 Å².